The Labute approximate surface area is 209 Å². The maximum atomic E-state index is 5.21. The Kier molecular flexibility index (Phi) is 7.34. The summed E-state index contributed by atoms with van der Waals surface area (Å²) in [6.45, 7) is 8.26. The highest BCUT2D eigenvalue weighted by Gasteiger charge is 2.21. The van der Waals surface area contributed by atoms with Crippen molar-refractivity contribution in [2.75, 3.05) is 76.8 Å². The number of piperazine rings is 1. The number of halogens is 1. The van der Waals surface area contributed by atoms with E-state index >= 15 is 0 Å². The Morgan fingerprint density at radius 2 is 1.82 bits per heavy atom. The van der Waals surface area contributed by atoms with E-state index < -0.39 is 0 Å². The first-order valence-corrected chi connectivity index (χ1v) is 13.0. The minimum absolute atomic E-state index is 0.457. The molecule has 5 rings (SSSR count). The number of likely N-dealkylation sites (tertiary alicyclic amines) is 1. The van der Waals surface area contributed by atoms with E-state index in [9.17, 15) is 0 Å². The predicted molar refractivity (Wildman–Crippen MR) is 142 cm³/mol. The van der Waals surface area contributed by atoms with E-state index in [1.165, 1.54) is 5.69 Å². The van der Waals surface area contributed by atoms with Gasteiger partial charge in [0, 0.05) is 63.3 Å². The van der Waals surface area contributed by atoms with Crippen LogP contribution in [-0.4, -0.2) is 97.4 Å². The van der Waals surface area contributed by atoms with Gasteiger partial charge in [-0.05, 0) is 73.2 Å². The third-order valence-corrected chi connectivity index (χ3v) is 7.63. The second-order valence-corrected chi connectivity index (χ2v) is 10.2. The molecule has 0 unspecified atom stereocenters. The average Bonchev–Trinajstić information content (AvgIpc) is 3.31. The van der Waals surface area contributed by atoms with Crippen LogP contribution in [0.2, 0.25) is 0 Å². The Balaban J connectivity index is 1.30. The quantitative estimate of drug-likeness (QED) is 0.485. The third kappa shape index (κ3) is 5.22. The molecule has 2 fully saturated rings. The Morgan fingerprint density at radius 1 is 1.09 bits per heavy atom. The molecule has 2 aliphatic rings. The minimum atomic E-state index is 0.457. The number of aromatic nitrogens is 3. The van der Waals surface area contributed by atoms with E-state index in [4.69, 9.17) is 9.72 Å². The molecule has 182 valence electrons. The number of nitrogens with zero attached hydrogens (tertiary/aromatic N) is 5. The van der Waals surface area contributed by atoms with Gasteiger partial charge in [-0.1, -0.05) is 0 Å². The maximum absolute atomic E-state index is 5.21. The second-order valence-electron chi connectivity index (χ2n) is 9.36. The molecule has 0 radical (unpaired) electrons. The van der Waals surface area contributed by atoms with Gasteiger partial charge in [0.05, 0.1) is 16.8 Å². The van der Waals surface area contributed by atoms with Crippen LogP contribution in [0.15, 0.2) is 34.9 Å². The summed E-state index contributed by atoms with van der Waals surface area (Å²) in [4.78, 5) is 20.2. The number of anilines is 2. The molecule has 0 spiro atoms. The van der Waals surface area contributed by atoms with Gasteiger partial charge in [0.1, 0.15) is 11.3 Å². The summed E-state index contributed by atoms with van der Waals surface area (Å²) >= 11 is 3.69. The number of rotatable bonds is 7. The first-order chi connectivity index (χ1) is 16.6. The smallest absolute Gasteiger partial charge is 0.180 e. The zero-order valence-electron chi connectivity index (χ0n) is 20.1. The lowest BCUT2D eigenvalue weighted by Crippen LogP contribution is -2.47. The summed E-state index contributed by atoms with van der Waals surface area (Å²) < 4.78 is 6.18. The number of methoxy groups -OCH3 is 1. The number of H-pyrrole nitrogens is 1. The van der Waals surface area contributed by atoms with Gasteiger partial charge in [-0.3, -0.25) is 4.90 Å². The summed E-state index contributed by atoms with van der Waals surface area (Å²) in [6.07, 6.45) is 4.12. The molecule has 2 aromatic heterocycles. The largest absolute Gasteiger partial charge is 0.383 e. The number of piperidine rings is 1. The van der Waals surface area contributed by atoms with Crippen molar-refractivity contribution in [3.8, 4) is 11.4 Å². The Bertz CT molecular complexity index is 1090. The summed E-state index contributed by atoms with van der Waals surface area (Å²) in [7, 11) is 3.95. The first-order valence-electron chi connectivity index (χ1n) is 12.2. The van der Waals surface area contributed by atoms with Crippen LogP contribution in [0.1, 0.15) is 12.8 Å². The van der Waals surface area contributed by atoms with Gasteiger partial charge in [-0.25, -0.2) is 9.97 Å². The number of pyridine rings is 1. The SMILES string of the molecule is COCCN1CCN(c2ccc(-c3nc4ncc(Br)c(NC5CCN(C)CC5)c4[nH]3)cc2)CC1. The molecule has 4 heterocycles. The molecule has 0 bridgehead atoms. The van der Waals surface area contributed by atoms with Crippen LogP contribution in [0.4, 0.5) is 11.4 Å². The highest BCUT2D eigenvalue weighted by atomic mass is 79.9. The molecule has 2 N–H and O–H groups in total. The molecule has 2 aliphatic heterocycles. The Morgan fingerprint density at radius 3 is 2.53 bits per heavy atom. The molecule has 0 atom stereocenters. The molecule has 34 heavy (non-hydrogen) atoms. The van der Waals surface area contributed by atoms with E-state index in [2.05, 4.69) is 77.2 Å². The zero-order chi connectivity index (χ0) is 23.5. The molecule has 0 amide bonds. The standard InChI is InChI=1S/C25H34BrN7O/c1-31-9-7-19(8-10-31)28-22-21(26)17-27-25-23(22)29-24(30-25)18-3-5-20(6-4-18)33-13-11-32(12-14-33)15-16-34-2/h3-6,17,19H,7-16H2,1-2H3,(H2,27,28,29,30). The van der Waals surface area contributed by atoms with Gasteiger partial charge in [-0.2, -0.15) is 0 Å². The number of ether oxygens (including phenoxy) is 1. The van der Waals surface area contributed by atoms with Crippen LogP contribution in [0.3, 0.4) is 0 Å². The highest BCUT2D eigenvalue weighted by molar-refractivity contribution is 9.10. The molecule has 1 aromatic carbocycles. The minimum Gasteiger partial charge on any atom is -0.383 e. The number of imidazole rings is 1. The lowest BCUT2D eigenvalue weighted by Gasteiger charge is -2.36. The van der Waals surface area contributed by atoms with E-state index in [0.717, 1.165) is 98.0 Å². The van der Waals surface area contributed by atoms with Crippen LogP contribution in [-0.2, 0) is 4.74 Å². The first kappa shape index (κ1) is 23.5. The highest BCUT2D eigenvalue weighted by Crippen LogP contribution is 2.32. The fraction of sp³-hybridized carbons (Fsp3) is 0.520. The van der Waals surface area contributed by atoms with Crippen LogP contribution in [0.25, 0.3) is 22.6 Å². The van der Waals surface area contributed by atoms with Gasteiger partial charge < -0.3 is 24.8 Å². The summed E-state index contributed by atoms with van der Waals surface area (Å²) in [5.41, 5.74) is 5.09. The molecule has 2 saturated heterocycles. The monoisotopic (exact) mass is 527 g/mol. The molecule has 3 aromatic rings. The van der Waals surface area contributed by atoms with Crippen LogP contribution < -0.4 is 10.2 Å². The number of hydrogen-bond donors (Lipinski definition) is 2. The summed E-state index contributed by atoms with van der Waals surface area (Å²) in [5, 5.41) is 3.74. The van der Waals surface area contributed by atoms with E-state index in [1.807, 2.05) is 6.20 Å². The van der Waals surface area contributed by atoms with Gasteiger partial charge >= 0.3 is 0 Å². The van der Waals surface area contributed by atoms with Crippen LogP contribution >= 0.6 is 15.9 Å². The lowest BCUT2D eigenvalue weighted by molar-refractivity contribution is 0.144. The fourth-order valence-electron chi connectivity index (χ4n) is 4.85. The zero-order valence-corrected chi connectivity index (χ0v) is 21.6. The van der Waals surface area contributed by atoms with Crippen molar-refractivity contribution in [3.63, 3.8) is 0 Å². The summed E-state index contributed by atoms with van der Waals surface area (Å²) in [6, 6.07) is 9.18. The number of benzene rings is 1. The van der Waals surface area contributed by atoms with E-state index in [0.29, 0.717) is 6.04 Å². The van der Waals surface area contributed by atoms with Crippen molar-refractivity contribution < 1.29 is 4.74 Å². The van der Waals surface area contributed by atoms with Crippen LogP contribution in [0, 0.1) is 0 Å². The number of fused-ring (bicyclic) bond motifs is 1. The van der Waals surface area contributed by atoms with Crippen molar-refractivity contribution >= 4 is 38.5 Å². The fourth-order valence-corrected chi connectivity index (χ4v) is 5.26. The predicted octanol–water partition coefficient (Wildman–Crippen LogP) is 3.66. The molecule has 9 heteroatoms. The molecule has 0 aliphatic carbocycles. The van der Waals surface area contributed by atoms with Crippen LogP contribution in [0.5, 0.6) is 0 Å². The van der Waals surface area contributed by atoms with E-state index in [1.54, 1.807) is 7.11 Å². The molecular formula is C25H34BrN7O. The second kappa shape index (κ2) is 10.6. The molecule has 8 nitrogen and oxygen atoms in total. The molecular weight excluding hydrogens is 494 g/mol. The average molecular weight is 528 g/mol. The van der Waals surface area contributed by atoms with Gasteiger partial charge in [0.15, 0.2) is 5.65 Å². The Hall–Kier alpha value is -2.20. The van der Waals surface area contributed by atoms with Gasteiger partial charge in [0.2, 0.25) is 0 Å². The van der Waals surface area contributed by atoms with Crippen molar-refractivity contribution in [2.24, 2.45) is 0 Å². The number of aromatic amines is 1. The summed E-state index contributed by atoms with van der Waals surface area (Å²) in [5.74, 6) is 0.850. The van der Waals surface area contributed by atoms with Crippen molar-refractivity contribution in [1.29, 1.82) is 0 Å². The normalized spacial score (nSPS) is 18.6. The molecule has 0 saturated carbocycles. The van der Waals surface area contributed by atoms with Gasteiger partial charge in [-0.15, -0.1) is 0 Å². The third-order valence-electron chi connectivity index (χ3n) is 7.03. The van der Waals surface area contributed by atoms with Crippen molar-refractivity contribution in [1.82, 2.24) is 24.8 Å². The topological polar surface area (TPSA) is 72.6 Å². The van der Waals surface area contributed by atoms with Gasteiger partial charge in [0.25, 0.3) is 0 Å². The maximum Gasteiger partial charge on any atom is 0.180 e. The lowest BCUT2D eigenvalue weighted by atomic mass is 10.1. The van der Waals surface area contributed by atoms with Crippen molar-refractivity contribution in [3.05, 3.63) is 34.9 Å². The van der Waals surface area contributed by atoms with Crippen molar-refractivity contribution in [2.45, 2.75) is 18.9 Å². The number of nitrogens with one attached hydrogen (secondary N) is 2. The number of hydrogen-bond acceptors (Lipinski definition) is 7. The van der Waals surface area contributed by atoms with E-state index in [-0.39, 0.29) is 0 Å².